The van der Waals surface area contributed by atoms with Gasteiger partial charge in [0.15, 0.2) is 5.43 Å². The molecule has 0 saturated heterocycles. The second-order valence-electron chi connectivity index (χ2n) is 4.15. The van der Waals surface area contributed by atoms with Crippen LogP contribution in [0.5, 0.6) is 0 Å². The van der Waals surface area contributed by atoms with E-state index in [-0.39, 0.29) is 16.9 Å². The van der Waals surface area contributed by atoms with Gasteiger partial charge in [-0.15, -0.1) is 11.3 Å². The SMILES string of the molecule is CCOC(=O)C(F)(F)c1c(C)sc2ccccc2c1=O. The molecule has 3 nitrogen and oxygen atoms in total. The molecule has 0 aliphatic rings. The maximum Gasteiger partial charge on any atom is 0.382 e. The lowest BCUT2D eigenvalue weighted by molar-refractivity contribution is -0.173. The third-order valence-corrected chi connectivity index (χ3v) is 3.91. The van der Waals surface area contributed by atoms with Crippen LogP contribution in [0.4, 0.5) is 8.78 Å². The summed E-state index contributed by atoms with van der Waals surface area (Å²) < 4.78 is 33.2. The number of esters is 1. The first kappa shape index (κ1) is 14.6. The van der Waals surface area contributed by atoms with Crippen molar-refractivity contribution in [2.45, 2.75) is 19.8 Å². The van der Waals surface area contributed by atoms with Gasteiger partial charge in [0, 0.05) is 15.0 Å². The molecule has 1 heterocycles. The van der Waals surface area contributed by atoms with Crippen LogP contribution < -0.4 is 5.43 Å². The van der Waals surface area contributed by atoms with Gasteiger partial charge in [-0.25, -0.2) is 4.79 Å². The Morgan fingerprint density at radius 1 is 1.35 bits per heavy atom. The van der Waals surface area contributed by atoms with Crippen molar-refractivity contribution >= 4 is 27.4 Å². The number of carbonyl (C=O) groups is 1. The second-order valence-corrected chi connectivity index (χ2v) is 5.41. The fourth-order valence-corrected chi connectivity index (χ4v) is 3.01. The molecule has 1 aromatic heterocycles. The monoisotopic (exact) mass is 298 g/mol. The highest BCUT2D eigenvalue weighted by Crippen LogP contribution is 2.33. The molecular weight excluding hydrogens is 286 g/mol. The molecule has 0 N–H and O–H groups in total. The number of benzene rings is 1. The summed E-state index contributed by atoms with van der Waals surface area (Å²) in [6.07, 6.45) is 0. The molecule has 0 saturated carbocycles. The van der Waals surface area contributed by atoms with Gasteiger partial charge in [0.05, 0.1) is 12.2 Å². The minimum atomic E-state index is -3.93. The van der Waals surface area contributed by atoms with Gasteiger partial charge >= 0.3 is 11.9 Å². The normalized spacial score (nSPS) is 11.6. The van der Waals surface area contributed by atoms with Gasteiger partial charge in [0.2, 0.25) is 0 Å². The van der Waals surface area contributed by atoms with Gasteiger partial charge in [0.1, 0.15) is 0 Å². The van der Waals surface area contributed by atoms with Crippen LogP contribution in [0.15, 0.2) is 29.1 Å². The summed E-state index contributed by atoms with van der Waals surface area (Å²) in [5.41, 5.74) is -1.62. The van der Waals surface area contributed by atoms with Crippen LogP contribution in [0.25, 0.3) is 10.1 Å². The molecular formula is C14H12F2O3S. The molecule has 0 atom stereocenters. The first-order chi connectivity index (χ1) is 9.39. The van der Waals surface area contributed by atoms with E-state index in [9.17, 15) is 18.4 Å². The summed E-state index contributed by atoms with van der Waals surface area (Å²) in [6.45, 7) is 2.67. The van der Waals surface area contributed by atoms with E-state index in [4.69, 9.17) is 0 Å². The van der Waals surface area contributed by atoms with E-state index < -0.39 is 22.9 Å². The molecule has 0 aliphatic carbocycles. The number of ether oxygens (including phenoxy) is 1. The van der Waals surface area contributed by atoms with Crippen molar-refractivity contribution in [1.29, 1.82) is 0 Å². The molecule has 6 heteroatoms. The fraction of sp³-hybridized carbons (Fsp3) is 0.286. The minimum Gasteiger partial charge on any atom is -0.461 e. The predicted molar refractivity (Wildman–Crippen MR) is 73.4 cm³/mol. The lowest BCUT2D eigenvalue weighted by Crippen LogP contribution is -2.34. The lowest BCUT2D eigenvalue weighted by Gasteiger charge is -2.16. The predicted octanol–water partition coefficient (Wildman–Crippen LogP) is 3.22. The number of alkyl halides is 2. The van der Waals surface area contributed by atoms with Gasteiger partial charge in [-0.3, -0.25) is 4.79 Å². The third kappa shape index (κ3) is 2.31. The van der Waals surface area contributed by atoms with E-state index >= 15 is 0 Å². The highest BCUT2D eigenvalue weighted by atomic mass is 32.1. The van der Waals surface area contributed by atoms with Crippen molar-refractivity contribution in [2.24, 2.45) is 0 Å². The Hall–Kier alpha value is -1.82. The molecule has 106 valence electrons. The summed E-state index contributed by atoms with van der Waals surface area (Å²) in [4.78, 5) is 23.7. The van der Waals surface area contributed by atoms with E-state index in [1.165, 1.54) is 19.9 Å². The highest BCUT2D eigenvalue weighted by molar-refractivity contribution is 7.18. The lowest BCUT2D eigenvalue weighted by atomic mass is 10.1. The number of hydrogen-bond donors (Lipinski definition) is 0. The summed E-state index contributed by atoms with van der Waals surface area (Å²) in [5.74, 6) is -5.62. The Morgan fingerprint density at radius 2 is 2.00 bits per heavy atom. The van der Waals surface area contributed by atoms with E-state index in [1.807, 2.05) is 0 Å². The Kier molecular flexibility index (Phi) is 3.85. The molecule has 20 heavy (non-hydrogen) atoms. The Morgan fingerprint density at radius 3 is 2.65 bits per heavy atom. The average Bonchev–Trinajstić information content (AvgIpc) is 2.38. The Labute approximate surface area is 117 Å². The fourth-order valence-electron chi connectivity index (χ4n) is 1.94. The standard InChI is InChI=1S/C14H12F2O3S/c1-3-19-13(18)14(15,16)11-8(2)20-10-7-5-4-6-9(10)12(11)17/h4-7H,3H2,1-2H3. The van der Waals surface area contributed by atoms with Crippen molar-refractivity contribution < 1.29 is 18.3 Å². The maximum atomic E-state index is 14.1. The molecule has 2 rings (SSSR count). The van der Waals surface area contributed by atoms with E-state index in [2.05, 4.69) is 4.74 Å². The first-order valence-electron chi connectivity index (χ1n) is 5.97. The van der Waals surface area contributed by atoms with Crippen LogP contribution in [-0.4, -0.2) is 12.6 Å². The van der Waals surface area contributed by atoms with Gasteiger partial charge < -0.3 is 4.74 Å². The van der Waals surface area contributed by atoms with Gasteiger partial charge in [-0.05, 0) is 26.0 Å². The second kappa shape index (κ2) is 5.28. The first-order valence-corrected chi connectivity index (χ1v) is 6.79. The number of carbonyl (C=O) groups excluding carboxylic acids is 1. The Balaban J connectivity index is 2.71. The van der Waals surface area contributed by atoms with Gasteiger partial charge in [-0.1, -0.05) is 12.1 Å². The number of hydrogen-bond acceptors (Lipinski definition) is 4. The smallest absolute Gasteiger partial charge is 0.382 e. The molecule has 0 fully saturated rings. The Bertz CT molecular complexity index is 722. The summed E-state index contributed by atoms with van der Waals surface area (Å²) in [7, 11) is 0. The van der Waals surface area contributed by atoms with Crippen LogP contribution in [0, 0.1) is 6.92 Å². The molecule has 0 aliphatic heterocycles. The minimum absolute atomic E-state index is 0.117. The quantitative estimate of drug-likeness (QED) is 0.817. The molecule has 2 aromatic rings. The summed E-state index contributed by atoms with van der Waals surface area (Å²) >= 11 is 1.06. The van der Waals surface area contributed by atoms with Gasteiger partial charge in [-0.2, -0.15) is 8.78 Å². The zero-order valence-electron chi connectivity index (χ0n) is 10.9. The van der Waals surface area contributed by atoms with Crippen LogP contribution in [0.2, 0.25) is 0 Å². The highest BCUT2D eigenvalue weighted by Gasteiger charge is 2.46. The van der Waals surface area contributed by atoms with Crippen molar-refractivity contribution in [3.8, 4) is 0 Å². The van der Waals surface area contributed by atoms with Crippen molar-refractivity contribution in [3.63, 3.8) is 0 Å². The number of aryl methyl sites for hydroxylation is 1. The molecule has 0 amide bonds. The maximum absolute atomic E-state index is 14.1. The zero-order chi connectivity index (χ0) is 14.9. The van der Waals surface area contributed by atoms with Crippen LogP contribution >= 0.6 is 11.3 Å². The van der Waals surface area contributed by atoms with Gasteiger partial charge in [0.25, 0.3) is 0 Å². The molecule has 0 bridgehead atoms. The van der Waals surface area contributed by atoms with Crippen LogP contribution in [-0.2, 0) is 15.5 Å². The average molecular weight is 298 g/mol. The van der Waals surface area contributed by atoms with E-state index in [0.717, 1.165) is 11.3 Å². The third-order valence-electron chi connectivity index (χ3n) is 2.82. The van der Waals surface area contributed by atoms with Crippen LogP contribution in [0.1, 0.15) is 17.4 Å². The summed E-state index contributed by atoms with van der Waals surface area (Å²) in [6, 6.07) is 6.47. The largest absolute Gasteiger partial charge is 0.461 e. The number of fused-ring (bicyclic) bond motifs is 1. The number of rotatable bonds is 3. The van der Waals surface area contributed by atoms with Crippen molar-refractivity contribution in [1.82, 2.24) is 0 Å². The van der Waals surface area contributed by atoms with Crippen molar-refractivity contribution in [2.75, 3.05) is 6.61 Å². The van der Waals surface area contributed by atoms with E-state index in [0.29, 0.717) is 4.70 Å². The molecule has 0 spiro atoms. The topological polar surface area (TPSA) is 43.4 Å². The zero-order valence-corrected chi connectivity index (χ0v) is 11.7. The number of halogens is 2. The molecule has 0 unspecified atom stereocenters. The summed E-state index contributed by atoms with van der Waals surface area (Å²) in [5, 5.41) is 0.182. The van der Waals surface area contributed by atoms with E-state index in [1.54, 1.807) is 18.2 Å². The van der Waals surface area contributed by atoms with Crippen LogP contribution in [0.3, 0.4) is 0 Å². The van der Waals surface area contributed by atoms with Crippen molar-refractivity contribution in [3.05, 3.63) is 44.9 Å². The molecule has 1 aromatic carbocycles. The molecule has 0 radical (unpaired) electrons.